The molecule has 0 aromatic rings. The Labute approximate surface area is 223 Å². The van der Waals surface area contributed by atoms with Gasteiger partial charge in [0.1, 0.15) is 18.6 Å². The molecular formula is C27H52N4O6. The zero-order valence-corrected chi connectivity index (χ0v) is 23.4. The first-order chi connectivity index (χ1) is 17.8. The van der Waals surface area contributed by atoms with E-state index in [0.29, 0.717) is 13.2 Å². The summed E-state index contributed by atoms with van der Waals surface area (Å²) in [5.41, 5.74) is 0. The van der Waals surface area contributed by atoms with Crippen LogP contribution in [0, 0.1) is 0 Å². The molecule has 0 fully saturated rings. The second-order valence-electron chi connectivity index (χ2n) is 9.61. The van der Waals surface area contributed by atoms with E-state index in [1.165, 1.54) is 64.7 Å². The molecule has 0 rings (SSSR count). The number of ether oxygens (including phenoxy) is 1. The van der Waals surface area contributed by atoms with Crippen LogP contribution in [-0.2, 0) is 19.1 Å². The van der Waals surface area contributed by atoms with Crippen LogP contribution >= 0.6 is 0 Å². The number of carbonyl (C=O) groups is 4. The number of unbranched alkanes of at least 4 members (excludes halogenated alkanes) is 12. The van der Waals surface area contributed by atoms with Crippen molar-refractivity contribution >= 4 is 23.8 Å². The maximum absolute atomic E-state index is 12.7. The van der Waals surface area contributed by atoms with Crippen molar-refractivity contribution in [3.63, 3.8) is 0 Å². The van der Waals surface area contributed by atoms with Crippen LogP contribution in [0.25, 0.3) is 0 Å². The molecule has 4 amide bonds. The summed E-state index contributed by atoms with van der Waals surface area (Å²) < 4.78 is 5.52. The molecule has 0 aliphatic carbocycles. The minimum Gasteiger partial charge on any atom is -0.480 e. The molecule has 0 bridgehead atoms. The average molecular weight is 529 g/mol. The lowest BCUT2D eigenvalue weighted by Gasteiger charge is -2.21. The predicted octanol–water partition coefficient (Wildman–Crippen LogP) is 3.88. The molecule has 0 unspecified atom stereocenters. The Morgan fingerprint density at radius 3 is 1.78 bits per heavy atom. The zero-order chi connectivity index (χ0) is 27.7. The van der Waals surface area contributed by atoms with Gasteiger partial charge >= 0.3 is 12.0 Å². The van der Waals surface area contributed by atoms with Crippen LogP contribution in [0.3, 0.4) is 0 Å². The number of nitrogens with one attached hydrogen (secondary N) is 4. The summed E-state index contributed by atoms with van der Waals surface area (Å²) in [6.45, 7) is 6.11. The van der Waals surface area contributed by atoms with Gasteiger partial charge in [-0.05, 0) is 19.8 Å². The molecule has 10 nitrogen and oxygen atoms in total. The lowest BCUT2D eigenvalue weighted by molar-refractivity contribution is -0.138. The third-order valence-electron chi connectivity index (χ3n) is 6.03. The van der Waals surface area contributed by atoms with E-state index in [2.05, 4.69) is 28.2 Å². The van der Waals surface area contributed by atoms with E-state index in [4.69, 9.17) is 9.84 Å². The molecular weight excluding hydrogens is 476 g/mol. The molecule has 0 saturated heterocycles. The summed E-state index contributed by atoms with van der Waals surface area (Å²) in [5.74, 6) is -2.38. The van der Waals surface area contributed by atoms with Gasteiger partial charge in [-0.2, -0.15) is 0 Å². The van der Waals surface area contributed by atoms with E-state index in [0.717, 1.165) is 32.1 Å². The number of rotatable bonds is 24. The molecule has 0 aromatic carbocycles. The van der Waals surface area contributed by atoms with Gasteiger partial charge < -0.3 is 31.1 Å². The first kappa shape index (κ1) is 34.6. The Morgan fingerprint density at radius 2 is 1.24 bits per heavy atom. The molecule has 0 heterocycles. The number of urea groups is 1. The summed E-state index contributed by atoms with van der Waals surface area (Å²) in [4.78, 5) is 47.6. The molecule has 5 N–H and O–H groups in total. The molecule has 0 radical (unpaired) electrons. The maximum atomic E-state index is 12.7. The number of carboxylic acid groups (broad SMARTS) is 1. The lowest BCUT2D eigenvalue weighted by atomic mass is 10.1. The van der Waals surface area contributed by atoms with Gasteiger partial charge in [0.05, 0.1) is 6.61 Å². The van der Waals surface area contributed by atoms with Crippen molar-refractivity contribution in [1.29, 1.82) is 0 Å². The second-order valence-corrected chi connectivity index (χ2v) is 9.61. The van der Waals surface area contributed by atoms with E-state index in [9.17, 15) is 19.2 Å². The highest BCUT2D eigenvalue weighted by Crippen LogP contribution is 2.11. The van der Waals surface area contributed by atoms with Crippen molar-refractivity contribution in [3.8, 4) is 0 Å². The Balaban J connectivity index is 4.22. The van der Waals surface area contributed by atoms with Crippen molar-refractivity contribution < 1.29 is 29.0 Å². The molecule has 0 saturated carbocycles. The van der Waals surface area contributed by atoms with E-state index in [-0.39, 0.29) is 6.61 Å². The highest BCUT2D eigenvalue weighted by molar-refractivity contribution is 5.92. The Bertz CT molecular complexity index is 632. The zero-order valence-electron chi connectivity index (χ0n) is 23.4. The Kier molecular flexibility index (Phi) is 22.5. The largest absolute Gasteiger partial charge is 0.480 e. The first-order valence-corrected chi connectivity index (χ1v) is 14.2. The fraction of sp³-hybridized carbons (Fsp3) is 0.852. The molecule has 0 aromatic heterocycles. The smallest absolute Gasteiger partial charge is 0.322 e. The topological polar surface area (TPSA) is 146 Å². The highest BCUT2D eigenvalue weighted by atomic mass is 16.5. The fourth-order valence-corrected chi connectivity index (χ4v) is 3.70. The van der Waals surface area contributed by atoms with E-state index < -0.39 is 42.4 Å². The van der Waals surface area contributed by atoms with Crippen molar-refractivity contribution in [3.05, 3.63) is 0 Å². The predicted molar refractivity (Wildman–Crippen MR) is 145 cm³/mol. The van der Waals surface area contributed by atoms with Gasteiger partial charge in [-0.1, -0.05) is 90.9 Å². The fourth-order valence-electron chi connectivity index (χ4n) is 3.70. The van der Waals surface area contributed by atoms with Gasteiger partial charge in [0.2, 0.25) is 11.8 Å². The lowest BCUT2D eigenvalue weighted by Crippen LogP contribution is -2.56. The number of carbonyl (C=O) groups excluding carboxylic acids is 3. The monoisotopic (exact) mass is 528 g/mol. The third-order valence-corrected chi connectivity index (χ3v) is 6.03. The van der Waals surface area contributed by atoms with Crippen LogP contribution in [-0.4, -0.2) is 67.3 Å². The van der Waals surface area contributed by atoms with Gasteiger partial charge in [0.25, 0.3) is 0 Å². The molecule has 0 spiro atoms. The number of hydrogen-bond acceptors (Lipinski definition) is 5. The van der Waals surface area contributed by atoms with Crippen LogP contribution in [0.4, 0.5) is 4.79 Å². The van der Waals surface area contributed by atoms with Crippen LogP contribution in [0.1, 0.15) is 111 Å². The summed E-state index contributed by atoms with van der Waals surface area (Å²) in [7, 11) is 0. The van der Waals surface area contributed by atoms with Gasteiger partial charge in [0.15, 0.2) is 0 Å². The molecule has 2 atom stereocenters. The maximum Gasteiger partial charge on any atom is 0.322 e. The molecule has 37 heavy (non-hydrogen) atoms. The molecule has 0 aliphatic rings. The van der Waals surface area contributed by atoms with Gasteiger partial charge in [-0.15, -0.1) is 0 Å². The normalized spacial score (nSPS) is 12.4. The standard InChI is InChI=1S/C27H52N4O6/c1-4-6-8-9-10-11-12-13-14-15-16-17-18-28-27(36)31-23(21-37-19-7-5-2)26(35)30-22(3)25(34)29-20-24(32)33/h22-23H,4-21H2,1-3H3,(H,29,34)(H,30,35)(H,32,33)(H2,28,31,36)/t22-,23-/m1/s1. The van der Waals surface area contributed by atoms with Crippen molar-refractivity contribution in [2.75, 3.05) is 26.3 Å². The van der Waals surface area contributed by atoms with Gasteiger partial charge in [0, 0.05) is 13.2 Å². The average Bonchev–Trinajstić information content (AvgIpc) is 2.86. The Morgan fingerprint density at radius 1 is 0.703 bits per heavy atom. The van der Waals surface area contributed by atoms with Crippen LogP contribution in [0.5, 0.6) is 0 Å². The number of amides is 4. The van der Waals surface area contributed by atoms with Crippen LogP contribution in [0.15, 0.2) is 0 Å². The molecule has 0 aliphatic heterocycles. The van der Waals surface area contributed by atoms with Crippen molar-refractivity contribution in [2.24, 2.45) is 0 Å². The van der Waals surface area contributed by atoms with Crippen LogP contribution < -0.4 is 21.3 Å². The highest BCUT2D eigenvalue weighted by Gasteiger charge is 2.24. The van der Waals surface area contributed by atoms with E-state index in [1.807, 2.05) is 6.92 Å². The van der Waals surface area contributed by atoms with Crippen LogP contribution in [0.2, 0.25) is 0 Å². The molecule has 216 valence electrons. The quantitative estimate of drug-likeness (QED) is 0.120. The van der Waals surface area contributed by atoms with E-state index >= 15 is 0 Å². The SMILES string of the molecule is CCCCCCCCCCCCCCNC(=O)N[C@H](COCCCC)C(=O)N[C@H](C)C(=O)NCC(=O)O. The second kappa shape index (κ2) is 24.0. The van der Waals surface area contributed by atoms with Crippen molar-refractivity contribution in [1.82, 2.24) is 21.3 Å². The van der Waals surface area contributed by atoms with Gasteiger partial charge in [-0.25, -0.2) is 4.79 Å². The van der Waals surface area contributed by atoms with Gasteiger partial charge in [-0.3, -0.25) is 14.4 Å². The molecule has 10 heteroatoms. The number of aliphatic carboxylic acids is 1. The number of hydrogen-bond donors (Lipinski definition) is 5. The first-order valence-electron chi connectivity index (χ1n) is 14.2. The van der Waals surface area contributed by atoms with Crippen molar-refractivity contribution in [2.45, 2.75) is 123 Å². The summed E-state index contributed by atoms with van der Waals surface area (Å²) in [6, 6.07) is -2.41. The Hall–Kier alpha value is -2.36. The minimum atomic E-state index is -1.18. The summed E-state index contributed by atoms with van der Waals surface area (Å²) in [5, 5.41) is 18.8. The summed E-state index contributed by atoms with van der Waals surface area (Å²) >= 11 is 0. The minimum absolute atomic E-state index is 0.0265. The van der Waals surface area contributed by atoms with E-state index in [1.54, 1.807) is 0 Å². The number of carboxylic acids is 1. The third kappa shape index (κ3) is 21.4. The summed E-state index contributed by atoms with van der Waals surface area (Å²) in [6.07, 6.45) is 16.6.